The number of hydrogen-bond donors (Lipinski definition) is 4. The minimum absolute atomic E-state index is 0. The van der Waals surface area contributed by atoms with E-state index in [9.17, 15) is 4.79 Å². The summed E-state index contributed by atoms with van der Waals surface area (Å²) in [6.45, 7) is 0. The highest BCUT2D eigenvalue weighted by molar-refractivity contribution is 6.20. The molecule has 0 radical (unpaired) electrons. The number of rotatable bonds is 2. The van der Waals surface area contributed by atoms with Crippen molar-refractivity contribution in [3.05, 3.63) is 47.3 Å². The molecule has 0 unspecified atom stereocenters. The van der Waals surface area contributed by atoms with Crippen LogP contribution in [0.4, 0.5) is 5.69 Å². The molecule has 0 aliphatic carbocycles. The highest BCUT2D eigenvalue weighted by atomic mass is 16.1. The quantitative estimate of drug-likeness (QED) is 0.448. The number of primary amides is 1. The standard InChI is InChI=1S/C12H14N6O.CH4/c13-5-10-11(7-3-1-2-4-9(7)14)8(12(15)19)6-17-18(10)16;/h1-6H,13-14,16H2,(H2,15,19);1H4/b10-5-;. The van der Waals surface area contributed by atoms with Crippen LogP contribution < -0.4 is 23.0 Å². The fourth-order valence-electron chi connectivity index (χ4n) is 1.85. The minimum Gasteiger partial charge on any atom is -0.403 e. The summed E-state index contributed by atoms with van der Waals surface area (Å²) in [5.74, 6) is 5.06. The maximum absolute atomic E-state index is 11.5. The molecule has 1 heterocycles. The Balaban J connectivity index is 0.00000200. The molecular weight excluding hydrogens is 256 g/mol. The maximum atomic E-state index is 11.5. The van der Waals surface area contributed by atoms with Gasteiger partial charge in [-0.3, -0.25) is 4.79 Å². The van der Waals surface area contributed by atoms with Gasteiger partial charge < -0.3 is 17.2 Å². The average Bonchev–Trinajstić information content (AvgIpc) is 2.38. The van der Waals surface area contributed by atoms with E-state index in [1.807, 2.05) is 0 Å². The smallest absolute Gasteiger partial charge is 0.251 e. The second-order valence-corrected chi connectivity index (χ2v) is 3.88. The molecule has 7 heteroatoms. The minimum atomic E-state index is -0.630. The third kappa shape index (κ3) is 2.47. The number of anilines is 1. The first-order chi connectivity index (χ1) is 9.06. The zero-order chi connectivity index (χ0) is 14.0. The predicted octanol–water partition coefficient (Wildman–Crippen LogP) is 0.119. The molecule has 0 bridgehead atoms. The lowest BCUT2D eigenvalue weighted by atomic mass is 9.95. The van der Waals surface area contributed by atoms with Gasteiger partial charge in [0.15, 0.2) is 0 Å². The summed E-state index contributed by atoms with van der Waals surface area (Å²) in [7, 11) is 0. The van der Waals surface area contributed by atoms with Crippen LogP contribution >= 0.6 is 0 Å². The third-order valence-corrected chi connectivity index (χ3v) is 2.74. The van der Waals surface area contributed by atoms with Gasteiger partial charge in [0.25, 0.3) is 5.91 Å². The summed E-state index contributed by atoms with van der Waals surface area (Å²) in [6.07, 6.45) is 2.54. The Morgan fingerprint density at radius 1 is 1.30 bits per heavy atom. The van der Waals surface area contributed by atoms with E-state index in [2.05, 4.69) is 5.10 Å². The highest BCUT2D eigenvalue weighted by Crippen LogP contribution is 2.32. The van der Waals surface area contributed by atoms with Gasteiger partial charge in [0.05, 0.1) is 11.8 Å². The van der Waals surface area contributed by atoms with Crippen LogP contribution in [0, 0.1) is 0 Å². The topological polar surface area (TPSA) is 137 Å². The van der Waals surface area contributed by atoms with Gasteiger partial charge in [0, 0.05) is 23.0 Å². The van der Waals surface area contributed by atoms with Crippen LogP contribution in [0.15, 0.2) is 46.8 Å². The molecule has 1 aromatic rings. The molecule has 0 saturated heterocycles. The monoisotopic (exact) mass is 274 g/mol. The molecule has 0 spiro atoms. The van der Waals surface area contributed by atoms with Crippen LogP contribution in [0.1, 0.15) is 13.0 Å². The number of hydrazone groups is 1. The predicted molar refractivity (Wildman–Crippen MR) is 80.5 cm³/mol. The number of nitrogens with zero attached hydrogens (tertiary/aromatic N) is 2. The number of amides is 1. The van der Waals surface area contributed by atoms with E-state index < -0.39 is 5.91 Å². The van der Waals surface area contributed by atoms with Crippen LogP contribution in [-0.2, 0) is 4.79 Å². The lowest BCUT2D eigenvalue weighted by molar-refractivity contribution is -0.114. The largest absolute Gasteiger partial charge is 0.403 e. The van der Waals surface area contributed by atoms with Crippen molar-refractivity contribution in [2.24, 2.45) is 22.4 Å². The Hall–Kier alpha value is -2.80. The zero-order valence-electron chi connectivity index (χ0n) is 10.1. The molecular formula is C13H18N6O. The van der Waals surface area contributed by atoms with Crippen molar-refractivity contribution in [1.82, 2.24) is 5.12 Å². The van der Waals surface area contributed by atoms with E-state index in [0.29, 0.717) is 22.5 Å². The molecule has 1 aromatic carbocycles. The van der Waals surface area contributed by atoms with E-state index in [0.717, 1.165) is 5.12 Å². The van der Waals surface area contributed by atoms with Crippen LogP contribution in [0.25, 0.3) is 5.57 Å². The second-order valence-electron chi connectivity index (χ2n) is 3.88. The van der Waals surface area contributed by atoms with Crippen molar-refractivity contribution in [3.8, 4) is 0 Å². The van der Waals surface area contributed by atoms with E-state index >= 15 is 0 Å². The van der Waals surface area contributed by atoms with Gasteiger partial charge in [0.2, 0.25) is 0 Å². The van der Waals surface area contributed by atoms with Crippen molar-refractivity contribution in [3.63, 3.8) is 0 Å². The van der Waals surface area contributed by atoms with E-state index in [1.165, 1.54) is 12.4 Å². The molecule has 0 atom stereocenters. The fraction of sp³-hybridized carbons (Fsp3) is 0.0769. The van der Waals surface area contributed by atoms with Gasteiger partial charge in [-0.15, -0.1) is 0 Å². The first-order valence-corrected chi connectivity index (χ1v) is 5.46. The Morgan fingerprint density at radius 2 is 1.95 bits per heavy atom. The van der Waals surface area contributed by atoms with Crippen molar-refractivity contribution in [2.45, 2.75) is 7.43 Å². The number of para-hydroxylation sites is 1. The molecule has 20 heavy (non-hydrogen) atoms. The van der Waals surface area contributed by atoms with Gasteiger partial charge in [-0.25, -0.2) is 5.84 Å². The van der Waals surface area contributed by atoms with E-state index in [1.54, 1.807) is 24.3 Å². The normalized spacial score (nSPS) is 16.2. The number of benzene rings is 1. The van der Waals surface area contributed by atoms with Crippen molar-refractivity contribution in [2.75, 3.05) is 5.73 Å². The Kier molecular flexibility index (Phi) is 4.50. The van der Waals surface area contributed by atoms with Crippen molar-refractivity contribution in [1.29, 1.82) is 0 Å². The second kappa shape index (κ2) is 5.89. The lowest BCUT2D eigenvalue weighted by Crippen LogP contribution is -2.32. The molecule has 8 N–H and O–H groups in total. The summed E-state index contributed by atoms with van der Waals surface area (Å²) in [5, 5.41) is 4.89. The molecule has 0 saturated carbocycles. The number of carbonyl (C=O) groups excluding carboxylic acids is 1. The number of allylic oxidation sites excluding steroid dienone is 1. The van der Waals surface area contributed by atoms with Crippen LogP contribution in [0.5, 0.6) is 0 Å². The molecule has 0 aromatic heterocycles. The fourth-order valence-corrected chi connectivity index (χ4v) is 1.85. The van der Waals surface area contributed by atoms with Crippen molar-refractivity contribution >= 4 is 23.4 Å². The molecule has 106 valence electrons. The maximum Gasteiger partial charge on any atom is 0.251 e. The average molecular weight is 274 g/mol. The summed E-state index contributed by atoms with van der Waals surface area (Å²) in [6, 6.07) is 7.04. The third-order valence-electron chi connectivity index (χ3n) is 2.74. The van der Waals surface area contributed by atoms with Crippen LogP contribution in [0.2, 0.25) is 0 Å². The Morgan fingerprint density at radius 3 is 2.50 bits per heavy atom. The first-order valence-electron chi connectivity index (χ1n) is 5.46. The van der Waals surface area contributed by atoms with E-state index in [4.69, 9.17) is 23.0 Å². The molecule has 1 aliphatic heterocycles. The molecule has 1 aliphatic rings. The van der Waals surface area contributed by atoms with Gasteiger partial charge in [-0.05, 0) is 6.07 Å². The van der Waals surface area contributed by atoms with Crippen LogP contribution in [0.3, 0.4) is 0 Å². The lowest BCUT2D eigenvalue weighted by Gasteiger charge is -2.24. The van der Waals surface area contributed by atoms with Gasteiger partial charge in [0.1, 0.15) is 5.70 Å². The number of nitrogens with two attached hydrogens (primary N) is 4. The number of carbonyl (C=O) groups is 1. The zero-order valence-corrected chi connectivity index (χ0v) is 10.1. The molecule has 0 fully saturated rings. The van der Waals surface area contributed by atoms with Crippen LogP contribution in [-0.4, -0.2) is 17.2 Å². The number of hydrogen-bond acceptors (Lipinski definition) is 6. The Labute approximate surface area is 117 Å². The van der Waals surface area contributed by atoms with Gasteiger partial charge in [-0.1, -0.05) is 25.6 Å². The first kappa shape index (κ1) is 15.3. The summed E-state index contributed by atoms with van der Waals surface area (Å²) >= 11 is 0. The number of nitrogen functional groups attached to an aromatic ring is 1. The van der Waals surface area contributed by atoms with Gasteiger partial charge >= 0.3 is 0 Å². The molecule has 1 amide bonds. The van der Waals surface area contributed by atoms with E-state index in [-0.39, 0.29) is 13.0 Å². The summed E-state index contributed by atoms with van der Waals surface area (Å²) in [5.41, 5.74) is 18.9. The van der Waals surface area contributed by atoms with Gasteiger partial charge in [-0.2, -0.15) is 10.2 Å². The number of hydrazine groups is 1. The molecule has 2 rings (SSSR count). The highest BCUT2D eigenvalue weighted by Gasteiger charge is 2.24. The Bertz CT molecular complexity index is 617. The molecule has 7 nitrogen and oxygen atoms in total. The summed E-state index contributed by atoms with van der Waals surface area (Å²) < 4.78 is 0. The summed E-state index contributed by atoms with van der Waals surface area (Å²) in [4.78, 5) is 11.5. The van der Waals surface area contributed by atoms with Crippen molar-refractivity contribution < 1.29 is 4.79 Å². The SMILES string of the molecule is C.N/C=C1/C(c2ccccc2N)=C(C(N)=O)C=NN1N.